The van der Waals surface area contributed by atoms with Crippen LogP contribution in [0.4, 0.5) is 0 Å². The second kappa shape index (κ2) is 8.26. The van der Waals surface area contributed by atoms with Crippen LogP contribution in [-0.4, -0.2) is 30.2 Å². The maximum atomic E-state index is 11.6. The second-order valence-corrected chi connectivity index (χ2v) is 5.35. The van der Waals surface area contributed by atoms with E-state index in [0.29, 0.717) is 12.2 Å². The van der Waals surface area contributed by atoms with Gasteiger partial charge >= 0.3 is 0 Å². The first-order valence-electron chi connectivity index (χ1n) is 6.64. The van der Waals surface area contributed by atoms with E-state index in [1.165, 1.54) is 0 Å². The number of hydrogen-bond donors (Lipinski definition) is 0. The topological polar surface area (TPSA) is 37.4 Å². The Hall–Kier alpha value is -0.860. The maximum Gasteiger partial charge on any atom is 0.224 e. The highest BCUT2D eigenvalue weighted by molar-refractivity contribution is 5.80. The van der Waals surface area contributed by atoms with E-state index in [1.807, 2.05) is 34.7 Å². The Labute approximate surface area is 106 Å². The van der Waals surface area contributed by atoms with Crippen molar-refractivity contribution in [3.05, 3.63) is 0 Å². The van der Waals surface area contributed by atoms with Crippen LogP contribution in [0.5, 0.6) is 0 Å². The minimum atomic E-state index is 0.0718. The summed E-state index contributed by atoms with van der Waals surface area (Å²) in [5.41, 5.74) is 0. The van der Waals surface area contributed by atoms with Gasteiger partial charge in [-0.2, -0.15) is 0 Å². The molecule has 0 spiro atoms. The molecule has 0 heterocycles. The molecular formula is C14H27NO2. The molecule has 0 bridgehead atoms. The number of ketones is 1. The summed E-state index contributed by atoms with van der Waals surface area (Å²) < 4.78 is 0. The normalized spacial score (nSPS) is 11.0. The van der Waals surface area contributed by atoms with Crippen LogP contribution in [0.1, 0.15) is 53.4 Å². The van der Waals surface area contributed by atoms with Crippen LogP contribution in [0.15, 0.2) is 0 Å². The van der Waals surface area contributed by atoms with Crippen molar-refractivity contribution in [1.82, 2.24) is 4.90 Å². The summed E-state index contributed by atoms with van der Waals surface area (Å²) in [7, 11) is 1.85. The van der Waals surface area contributed by atoms with Gasteiger partial charge in [0.15, 0.2) is 0 Å². The number of nitrogens with zero attached hydrogens (tertiary/aromatic N) is 1. The van der Waals surface area contributed by atoms with Gasteiger partial charge in [-0.1, -0.05) is 34.1 Å². The minimum absolute atomic E-state index is 0.0718. The summed E-state index contributed by atoms with van der Waals surface area (Å²) in [6.45, 7) is 8.52. The molecule has 0 N–H and O–H groups in total. The van der Waals surface area contributed by atoms with Gasteiger partial charge in [-0.25, -0.2) is 0 Å². The average molecular weight is 241 g/mol. The number of amides is 1. The molecule has 0 saturated heterocycles. The summed E-state index contributed by atoms with van der Waals surface area (Å²) in [6, 6.07) is 0. The first-order valence-corrected chi connectivity index (χ1v) is 6.64. The van der Waals surface area contributed by atoms with Crippen LogP contribution in [0, 0.1) is 11.8 Å². The Balaban J connectivity index is 3.59. The van der Waals surface area contributed by atoms with Crippen molar-refractivity contribution in [2.24, 2.45) is 11.8 Å². The molecule has 3 heteroatoms. The lowest BCUT2D eigenvalue weighted by Crippen LogP contribution is -2.31. The van der Waals surface area contributed by atoms with Gasteiger partial charge in [0.25, 0.3) is 0 Å². The van der Waals surface area contributed by atoms with E-state index >= 15 is 0 Å². The molecule has 0 fully saturated rings. The van der Waals surface area contributed by atoms with Crippen molar-refractivity contribution in [3.63, 3.8) is 0 Å². The lowest BCUT2D eigenvalue weighted by atomic mass is 10.0. The Morgan fingerprint density at radius 2 is 1.53 bits per heavy atom. The van der Waals surface area contributed by atoms with Crippen molar-refractivity contribution in [3.8, 4) is 0 Å². The Bertz CT molecular complexity index is 247. The zero-order chi connectivity index (χ0) is 13.4. The molecule has 100 valence electrons. The van der Waals surface area contributed by atoms with Gasteiger partial charge in [-0.3, -0.25) is 9.59 Å². The van der Waals surface area contributed by atoms with Gasteiger partial charge in [0.05, 0.1) is 0 Å². The van der Waals surface area contributed by atoms with Gasteiger partial charge in [0.1, 0.15) is 5.78 Å². The molecule has 0 unspecified atom stereocenters. The van der Waals surface area contributed by atoms with Gasteiger partial charge in [0.2, 0.25) is 5.91 Å². The van der Waals surface area contributed by atoms with E-state index in [-0.39, 0.29) is 17.7 Å². The molecular weight excluding hydrogens is 214 g/mol. The number of hydrogen-bond acceptors (Lipinski definition) is 2. The molecule has 0 saturated carbocycles. The summed E-state index contributed by atoms with van der Waals surface area (Å²) in [5, 5.41) is 0. The minimum Gasteiger partial charge on any atom is -0.346 e. The Morgan fingerprint density at radius 3 is 2.00 bits per heavy atom. The fourth-order valence-electron chi connectivity index (χ4n) is 1.66. The SMILES string of the molecule is CC(C)C(=O)CCCCCN(C)C(=O)C(C)C. The maximum absolute atomic E-state index is 11.6. The van der Waals surface area contributed by atoms with Crippen LogP contribution in [0.3, 0.4) is 0 Å². The number of unbranched alkanes of at least 4 members (excludes halogenated alkanes) is 2. The fraction of sp³-hybridized carbons (Fsp3) is 0.857. The highest BCUT2D eigenvalue weighted by atomic mass is 16.2. The van der Waals surface area contributed by atoms with E-state index in [1.54, 1.807) is 4.90 Å². The van der Waals surface area contributed by atoms with E-state index < -0.39 is 0 Å². The molecule has 0 aliphatic heterocycles. The second-order valence-electron chi connectivity index (χ2n) is 5.35. The fourth-order valence-corrected chi connectivity index (χ4v) is 1.66. The first-order chi connectivity index (χ1) is 7.86. The van der Waals surface area contributed by atoms with Crippen LogP contribution < -0.4 is 0 Å². The smallest absolute Gasteiger partial charge is 0.224 e. The van der Waals surface area contributed by atoms with Crippen LogP contribution >= 0.6 is 0 Å². The van der Waals surface area contributed by atoms with Gasteiger partial charge in [-0.05, 0) is 12.8 Å². The summed E-state index contributed by atoms with van der Waals surface area (Å²) >= 11 is 0. The first kappa shape index (κ1) is 16.1. The third kappa shape index (κ3) is 7.14. The number of Topliss-reactive ketones (excluding diaryl/α,β-unsaturated/α-hetero) is 1. The van der Waals surface area contributed by atoms with E-state index in [0.717, 1.165) is 25.8 Å². The monoisotopic (exact) mass is 241 g/mol. The van der Waals surface area contributed by atoms with Crippen molar-refractivity contribution in [2.45, 2.75) is 53.4 Å². The molecule has 0 aromatic carbocycles. The Morgan fingerprint density at radius 1 is 0.941 bits per heavy atom. The molecule has 0 aliphatic rings. The summed E-state index contributed by atoms with van der Waals surface area (Å²) in [6.07, 6.45) is 3.63. The van der Waals surface area contributed by atoms with Gasteiger partial charge in [-0.15, -0.1) is 0 Å². The number of carbonyl (C=O) groups excluding carboxylic acids is 2. The predicted octanol–water partition coefficient (Wildman–Crippen LogP) is 2.89. The molecule has 0 aliphatic carbocycles. The van der Waals surface area contributed by atoms with E-state index in [2.05, 4.69) is 0 Å². The molecule has 3 nitrogen and oxygen atoms in total. The van der Waals surface area contributed by atoms with Crippen molar-refractivity contribution < 1.29 is 9.59 Å². The molecule has 0 rings (SSSR count). The van der Waals surface area contributed by atoms with Crippen LogP contribution in [0.25, 0.3) is 0 Å². The highest BCUT2D eigenvalue weighted by Crippen LogP contribution is 2.07. The standard InChI is InChI=1S/C14H27NO2/c1-11(2)13(16)9-7-6-8-10-15(5)14(17)12(3)4/h11-12H,6-10H2,1-5H3. The largest absolute Gasteiger partial charge is 0.346 e. The van der Waals surface area contributed by atoms with E-state index in [4.69, 9.17) is 0 Å². The quantitative estimate of drug-likeness (QED) is 0.613. The van der Waals surface area contributed by atoms with E-state index in [9.17, 15) is 9.59 Å². The number of carbonyl (C=O) groups is 2. The highest BCUT2D eigenvalue weighted by Gasteiger charge is 2.12. The van der Waals surface area contributed by atoms with Crippen molar-refractivity contribution in [1.29, 1.82) is 0 Å². The number of rotatable bonds is 8. The average Bonchev–Trinajstić information content (AvgIpc) is 2.26. The lowest BCUT2D eigenvalue weighted by Gasteiger charge is -2.19. The molecule has 0 atom stereocenters. The zero-order valence-electron chi connectivity index (χ0n) is 12.0. The van der Waals surface area contributed by atoms with Crippen molar-refractivity contribution >= 4 is 11.7 Å². The molecule has 0 aromatic rings. The molecule has 1 amide bonds. The summed E-state index contributed by atoms with van der Waals surface area (Å²) in [5.74, 6) is 0.766. The van der Waals surface area contributed by atoms with Gasteiger partial charge in [0, 0.05) is 31.8 Å². The van der Waals surface area contributed by atoms with Gasteiger partial charge < -0.3 is 4.90 Å². The van der Waals surface area contributed by atoms with Crippen LogP contribution in [-0.2, 0) is 9.59 Å². The molecule has 0 aromatic heterocycles. The Kier molecular flexibility index (Phi) is 7.85. The zero-order valence-corrected chi connectivity index (χ0v) is 12.0. The molecule has 17 heavy (non-hydrogen) atoms. The lowest BCUT2D eigenvalue weighted by molar-refractivity contribution is -0.133. The third-order valence-corrected chi connectivity index (χ3v) is 2.93. The summed E-state index contributed by atoms with van der Waals surface area (Å²) in [4.78, 5) is 24.7. The predicted molar refractivity (Wildman–Crippen MR) is 70.8 cm³/mol. The van der Waals surface area contributed by atoms with Crippen LogP contribution in [0.2, 0.25) is 0 Å². The molecule has 0 radical (unpaired) electrons. The third-order valence-electron chi connectivity index (χ3n) is 2.93. The van der Waals surface area contributed by atoms with Crippen molar-refractivity contribution in [2.75, 3.05) is 13.6 Å².